The van der Waals surface area contributed by atoms with Gasteiger partial charge < -0.3 is 10.4 Å². The maximum atomic E-state index is 10.9. The SMILES string of the molecule is Cc1cc(Cl)ccc1NC(c1cccs1)c1ccc2cccnc2c1O. The number of benzene rings is 2. The molecular formula is C21H17ClN2OS. The molecule has 1 unspecified atom stereocenters. The number of fused-ring (bicyclic) bond motifs is 1. The number of halogens is 1. The highest BCUT2D eigenvalue weighted by atomic mass is 35.5. The number of phenols is 1. The molecule has 2 aromatic heterocycles. The maximum absolute atomic E-state index is 10.9. The van der Waals surface area contributed by atoms with Crippen molar-refractivity contribution in [2.45, 2.75) is 13.0 Å². The van der Waals surface area contributed by atoms with E-state index < -0.39 is 0 Å². The van der Waals surface area contributed by atoms with Crippen LogP contribution in [0.15, 0.2) is 66.2 Å². The molecule has 0 amide bonds. The van der Waals surface area contributed by atoms with E-state index >= 15 is 0 Å². The number of aromatic nitrogens is 1. The molecule has 5 heteroatoms. The van der Waals surface area contributed by atoms with Gasteiger partial charge >= 0.3 is 0 Å². The third-order valence-corrected chi connectivity index (χ3v) is 5.58. The van der Waals surface area contributed by atoms with Crippen LogP contribution in [0.25, 0.3) is 10.9 Å². The van der Waals surface area contributed by atoms with E-state index in [1.807, 2.05) is 60.8 Å². The molecule has 0 aliphatic rings. The van der Waals surface area contributed by atoms with Gasteiger partial charge in [-0.05, 0) is 48.2 Å². The monoisotopic (exact) mass is 380 g/mol. The minimum absolute atomic E-state index is 0.179. The number of anilines is 1. The van der Waals surface area contributed by atoms with Gasteiger partial charge in [0.15, 0.2) is 0 Å². The number of aryl methyl sites for hydroxylation is 1. The van der Waals surface area contributed by atoms with Crippen molar-refractivity contribution in [3.05, 3.63) is 87.2 Å². The van der Waals surface area contributed by atoms with Crippen LogP contribution in [0.1, 0.15) is 22.0 Å². The number of phenolic OH excluding ortho intramolecular Hbond substituents is 1. The summed E-state index contributed by atoms with van der Waals surface area (Å²) in [5, 5.41) is 18.1. The number of hydrogen-bond donors (Lipinski definition) is 2. The summed E-state index contributed by atoms with van der Waals surface area (Å²) < 4.78 is 0. The van der Waals surface area contributed by atoms with Gasteiger partial charge in [-0.25, -0.2) is 0 Å². The standard InChI is InChI=1S/C21H17ClN2OS/c1-13-12-15(22)7-9-17(13)24-20(18-5-3-11-26-18)16-8-6-14-4-2-10-23-19(14)21(16)25/h2-12,20,24-25H,1H3. The van der Waals surface area contributed by atoms with Crippen molar-refractivity contribution in [3.63, 3.8) is 0 Å². The first kappa shape index (κ1) is 16.9. The lowest BCUT2D eigenvalue weighted by molar-refractivity contribution is 0.472. The molecule has 2 N–H and O–H groups in total. The number of aromatic hydroxyl groups is 1. The van der Waals surface area contributed by atoms with Crippen molar-refractivity contribution in [2.75, 3.05) is 5.32 Å². The van der Waals surface area contributed by atoms with Gasteiger partial charge in [0.2, 0.25) is 0 Å². The average molecular weight is 381 g/mol. The number of rotatable bonds is 4. The lowest BCUT2D eigenvalue weighted by atomic mass is 10.0. The summed E-state index contributed by atoms with van der Waals surface area (Å²) in [6, 6.07) is 17.4. The predicted octanol–water partition coefficient (Wildman–Crippen LogP) is 6.17. The molecule has 130 valence electrons. The van der Waals surface area contributed by atoms with Gasteiger partial charge in [-0.1, -0.05) is 35.9 Å². The van der Waals surface area contributed by atoms with E-state index in [9.17, 15) is 5.11 Å². The van der Waals surface area contributed by atoms with Crippen molar-refractivity contribution in [1.29, 1.82) is 0 Å². The molecule has 0 saturated carbocycles. The Hall–Kier alpha value is -2.56. The normalized spacial score (nSPS) is 12.2. The van der Waals surface area contributed by atoms with E-state index in [0.717, 1.165) is 27.1 Å². The fraction of sp³-hybridized carbons (Fsp3) is 0.0952. The van der Waals surface area contributed by atoms with Gasteiger partial charge in [-0.3, -0.25) is 4.98 Å². The zero-order valence-corrected chi connectivity index (χ0v) is 15.7. The Kier molecular flexibility index (Phi) is 4.53. The van der Waals surface area contributed by atoms with Gasteiger partial charge in [0, 0.05) is 32.7 Å². The third-order valence-electron chi connectivity index (χ3n) is 4.41. The van der Waals surface area contributed by atoms with Gasteiger partial charge in [0.25, 0.3) is 0 Å². The average Bonchev–Trinajstić information content (AvgIpc) is 3.17. The number of nitrogens with zero attached hydrogens (tertiary/aromatic N) is 1. The van der Waals surface area contributed by atoms with E-state index in [0.29, 0.717) is 10.5 Å². The fourth-order valence-electron chi connectivity index (χ4n) is 3.08. The Morgan fingerprint density at radius 3 is 2.77 bits per heavy atom. The van der Waals surface area contributed by atoms with Gasteiger partial charge in [-0.15, -0.1) is 11.3 Å². The minimum Gasteiger partial charge on any atom is -0.505 e. The second-order valence-corrected chi connectivity index (χ2v) is 7.55. The molecule has 0 radical (unpaired) electrons. The van der Waals surface area contributed by atoms with Crippen molar-refractivity contribution >= 4 is 39.5 Å². The van der Waals surface area contributed by atoms with Crippen molar-refractivity contribution < 1.29 is 5.11 Å². The van der Waals surface area contributed by atoms with Crippen LogP contribution in [0.3, 0.4) is 0 Å². The minimum atomic E-state index is -0.179. The van der Waals surface area contributed by atoms with Crippen LogP contribution in [0.5, 0.6) is 5.75 Å². The van der Waals surface area contributed by atoms with Crippen LogP contribution >= 0.6 is 22.9 Å². The first-order valence-electron chi connectivity index (χ1n) is 8.26. The van der Waals surface area contributed by atoms with Crippen LogP contribution in [0.4, 0.5) is 5.69 Å². The lowest BCUT2D eigenvalue weighted by Crippen LogP contribution is -2.12. The molecule has 0 bridgehead atoms. The van der Waals surface area contributed by atoms with E-state index in [1.165, 1.54) is 0 Å². The topological polar surface area (TPSA) is 45.2 Å². The Morgan fingerprint density at radius 2 is 2.00 bits per heavy atom. The highest BCUT2D eigenvalue weighted by Gasteiger charge is 2.21. The summed E-state index contributed by atoms with van der Waals surface area (Å²) in [6.07, 6.45) is 1.70. The summed E-state index contributed by atoms with van der Waals surface area (Å²) in [6.45, 7) is 2.02. The fourth-order valence-corrected chi connectivity index (χ4v) is 4.10. The Morgan fingerprint density at radius 1 is 1.12 bits per heavy atom. The highest BCUT2D eigenvalue weighted by Crippen LogP contribution is 2.38. The van der Waals surface area contributed by atoms with Crippen LogP contribution in [-0.2, 0) is 0 Å². The van der Waals surface area contributed by atoms with Gasteiger partial charge in [0.1, 0.15) is 11.3 Å². The second-order valence-electron chi connectivity index (χ2n) is 6.13. The highest BCUT2D eigenvalue weighted by molar-refractivity contribution is 7.10. The van der Waals surface area contributed by atoms with Gasteiger partial charge in [0.05, 0.1) is 6.04 Å². The molecule has 0 fully saturated rings. The molecule has 0 spiro atoms. The molecule has 4 aromatic rings. The first-order chi connectivity index (χ1) is 12.6. The molecule has 4 rings (SSSR count). The van der Waals surface area contributed by atoms with Crippen LogP contribution < -0.4 is 5.32 Å². The molecule has 2 aromatic carbocycles. The summed E-state index contributed by atoms with van der Waals surface area (Å²) in [4.78, 5) is 5.47. The molecule has 3 nitrogen and oxygen atoms in total. The third kappa shape index (κ3) is 3.14. The zero-order valence-electron chi connectivity index (χ0n) is 14.1. The first-order valence-corrected chi connectivity index (χ1v) is 9.52. The zero-order chi connectivity index (χ0) is 18.1. The largest absolute Gasteiger partial charge is 0.505 e. The predicted molar refractivity (Wildman–Crippen MR) is 109 cm³/mol. The van der Waals surface area contributed by atoms with E-state index in [-0.39, 0.29) is 11.8 Å². The Bertz CT molecular complexity index is 1060. The van der Waals surface area contributed by atoms with E-state index in [2.05, 4.69) is 16.4 Å². The number of pyridine rings is 1. The van der Waals surface area contributed by atoms with Crippen LogP contribution in [-0.4, -0.2) is 10.1 Å². The van der Waals surface area contributed by atoms with Crippen molar-refractivity contribution in [1.82, 2.24) is 4.98 Å². The van der Waals surface area contributed by atoms with E-state index in [1.54, 1.807) is 17.5 Å². The Balaban J connectivity index is 1.83. The lowest BCUT2D eigenvalue weighted by Gasteiger charge is -2.22. The molecule has 26 heavy (non-hydrogen) atoms. The molecule has 0 aliphatic heterocycles. The molecule has 0 aliphatic carbocycles. The molecular weight excluding hydrogens is 364 g/mol. The smallest absolute Gasteiger partial charge is 0.147 e. The maximum Gasteiger partial charge on any atom is 0.147 e. The second kappa shape index (κ2) is 6.98. The summed E-state index contributed by atoms with van der Waals surface area (Å²) in [5.41, 5.74) is 3.44. The number of thiophene rings is 1. The molecule has 1 atom stereocenters. The summed E-state index contributed by atoms with van der Waals surface area (Å²) in [7, 11) is 0. The van der Waals surface area contributed by atoms with Crippen molar-refractivity contribution in [2.24, 2.45) is 0 Å². The Labute approximate surface area is 160 Å². The number of hydrogen-bond acceptors (Lipinski definition) is 4. The van der Waals surface area contributed by atoms with Crippen molar-refractivity contribution in [3.8, 4) is 5.75 Å². The summed E-state index contributed by atoms with van der Waals surface area (Å²) in [5.74, 6) is 0.209. The number of nitrogens with one attached hydrogen (secondary N) is 1. The molecule has 2 heterocycles. The van der Waals surface area contributed by atoms with Crippen LogP contribution in [0, 0.1) is 6.92 Å². The molecule has 0 saturated heterocycles. The quantitative estimate of drug-likeness (QED) is 0.445. The van der Waals surface area contributed by atoms with Crippen LogP contribution in [0.2, 0.25) is 5.02 Å². The van der Waals surface area contributed by atoms with Gasteiger partial charge in [-0.2, -0.15) is 0 Å². The van der Waals surface area contributed by atoms with E-state index in [4.69, 9.17) is 11.6 Å². The summed E-state index contributed by atoms with van der Waals surface area (Å²) >= 11 is 7.73.